The minimum absolute atomic E-state index is 0.241. The second-order valence-corrected chi connectivity index (χ2v) is 4.64. The number of carbonyl (C=O) groups is 1. The molecule has 0 spiro atoms. The second kappa shape index (κ2) is 6.18. The number of nitrogens with zero attached hydrogens (tertiary/aromatic N) is 2. The maximum atomic E-state index is 13.1. The normalized spacial score (nSPS) is 10.3. The molecule has 0 aliphatic rings. The van der Waals surface area contributed by atoms with E-state index in [9.17, 15) is 9.18 Å². The van der Waals surface area contributed by atoms with Crippen molar-refractivity contribution in [3.63, 3.8) is 0 Å². The van der Waals surface area contributed by atoms with Gasteiger partial charge in [-0.3, -0.25) is 4.68 Å². The van der Waals surface area contributed by atoms with Gasteiger partial charge in [0.2, 0.25) is 0 Å². The minimum Gasteiger partial charge on any atom is -0.334 e. The quantitative estimate of drug-likeness (QED) is 0.895. The number of hydrogen-bond acceptors (Lipinski definition) is 2. The maximum Gasteiger partial charge on any atom is 0.315 e. The van der Waals surface area contributed by atoms with Gasteiger partial charge in [-0.2, -0.15) is 5.10 Å². The SMILES string of the molecule is Cc1cc(CNC(=O)NCc2cnn(C)c2)ccc1F. The molecule has 0 unspecified atom stereocenters. The number of nitrogens with one attached hydrogen (secondary N) is 2. The Kier molecular flexibility index (Phi) is 4.34. The van der Waals surface area contributed by atoms with Crippen molar-refractivity contribution >= 4 is 6.03 Å². The number of benzene rings is 1. The first-order valence-corrected chi connectivity index (χ1v) is 6.29. The lowest BCUT2D eigenvalue weighted by Gasteiger charge is -2.07. The summed E-state index contributed by atoms with van der Waals surface area (Å²) in [6, 6.07) is 4.51. The van der Waals surface area contributed by atoms with Gasteiger partial charge in [0.25, 0.3) is 0 Å². The van der Waals surface area contributed by atoms with Crippen LogP contribution in [0.1, 0.15) is 16.7 Å². The molecule has 5 nitrogen and oxygen atoms in total. The third kappa shape index (κ3) is 3.81. The minimum atomic E-state index is -0.268. The molecule has 106 valence electrons. The molecule has 2 amide bonds. The summed E-state index contributed by atoms with van der Waals surface area (Å²) in [5, 5.41) is 9.47. The Hall–Kier alpha value is -2.37. The molecule has 2 aromatic rings. The third-order valence-electron chi connectivity index (χ3n) is 2.89. The molecule has 20 heavy (non-hydrogen) atoms. The van der Waals surface area contributed by atoms with Gasteiger partial charge in [-0.25, -0.2) is 9.18 Å². The van der Waals surface area contributed by atoms with Crippen LogP contribution in [0.5, 0.6) is 0 Å². The number of rotatable bonds is 4. The third-order valence-corrected chi connectivity index (χ3v) is 2.89. The van der Waals surface area contributed by atoms with Gasteiger partial charge in [0.05, 0.1) is 6.20 Å². The zero-order chi connectivity index (χ0) is 14.5. The van der Waals surface area contributed by atoms with Gasteiger partial charge >= 0.3 is 6.03 Å². The van der Waals surface area contributed by atoms with E-state index in [1.54, 1.807) is 29.9 Å². The summed E-state index contributed by atoms with van der Waals surface area (Å²) in [5.41, 5.74) is 2.36. The zero-order valence-electron chi connectivity index (χ0n) is 11.5. The van der Waals surface area contributed by atoms with E-state index in [2.05, 4.69) is 15.7 Å². The molecule has 0 saturated carbocycles. The number of amides is 2. The van der Waals surface area contributed by atoms with Crippen molar-refractivity contribution in [3.8, 4) is 0 Å². The molecule has 0 aliphatic carbocycles. The standard InChI is InChI=1S/C14H17FN4O/c1-10-5-11(3-4-13(10)15)6-16-14(20)17-7-12-8-18-19(2)9-12/h3-5,8-9H,6-7H2,1-2H3,(H2,16,17,20). The summed E-state index contributed by atoms with van der Waals surface area (Å²) in [7, 11) is 1.82. The predicted octanol–water partition coefficient (Wildman–Crippen LogP) is 1.87. The Morgan fingerprint density at radius 3 is 2.60 bits per heavy atom. The monoisotopic (exact) mass is 276 g/mol. The first-order valence-electron chi connectivity index (χ1n) is 6.29. The van der Waals surface area contributed by atoms with E-state index >= 15 is 0 Å². The fourth-order valence-corrected chi connectivity index (χ4v) is 1.81. The lowest BCUT2D eigenvalue weighted by molar-refractivity contribution is 0.240. The van der Waals surface area contributed by atoms with Gasteiger partial charge in [0, 0.05) is 31.9 Å². The molecule has 0 aliphatic heterocycles. The average molecular weight is 276 g/mol. The van der Waals surface area contributed by atoms with Gasteiger partial charge in [-0.15, -0.1) is 0 Å². The zero-order valence-corrected chi connectivity index (χ0v) is 11.5. The lowest BCUT2D eigenvalue weighted by Crippen LogP contribution is -2.34. The van der Waals surface area contributed by atoms with Crippen molar-refractivity contribution in [2.45, 2.75) is 20.0 Å². The Morgan fingerprint density at radius 1 is 1.30 bits per heavy atom. The first kappa shape index (κ1) is 14.0. The van der Waals surface area contributed by atoms with Crippen molar-refractivity contribution in [2.24, 2.45) is 7.05 Å². The van der Waals surface area contributed by atoms with E-state index in [1.807, 2.05) is 13.2 Å². The molecule has 1 heterocycles. The number of carbonyl (C=O) groups excluding carboxylic acids is 1. The van der Waals surface area contributed by atoms with E-state index in [4.69, 9.17) is 0 Å². The van der Waals surface area contributed by atoms with E-state index in [-0.39, 0.29) is 11.8 Å². The molecule has 1 aromatic heterocycles. The highest BCUT2D eigenvalue weighted by Crippen LogP contribution is 2.08. The van der Waals surface area contributed by atoms with Gasteiger partial charge in [-0.1, -0.05) is 12.1 Å². The van der Waals surface area contributed by atoms with Crippen LogP contribution in [0.2, 0.25) is 0 Å². The van der Waals surface area contributed by atoms with Crippen LogP contribution in [0.15, 0.2) is 30.6 Å². The Balaban J connectivity index is 1.78. The fourth-order valence-electron chi connectivity index (χ4n) is 1.81. The van der Waals surface area contributed by atoms with Crippen molar-refractivity contribution in [2.75, 3.05) is 0 Å². The smallest absolute Gasteiger partial charge is 0.315 e. The van der Waals surface area contributed by atoms with Crippen molar-refractivity contribution in [1.82, 2.24) is 20.4 Å². The molecule has 0 fully saturated rings. The predicted molar refractivity (Wildman–Crippen MR) is 73.4 cm³/mol. The van der Waals surface area contributed by atoms with Gasteiger partial charge in [0.15, 0.2) is 0 Å². The van der Waals surface area contributed by atoms with Crippen LogP contribution < -0.4 is 10.6 Å². The summed E-state index contributed by atoms with van der Waals surface area (Å²) in [5.74, 6) is -0.241. The van der Waals surface area contributed by atoms with Gasteiger partial charge in [-0.05, 0) is 24.1 Å². The summed E-state index contributed by atoms with van der Waals surface area (Å²) in [4.78, 5) is 11.6. The molecule has 0 saturated heterocycles. The second-order valence-electron chi connectivity index (χ2n) is 4.64. The van der Waals surface area contributed by atoms with Crippen LogP contribution in [0.3, 0.4) is 0 Å². The van der Waals surface area contributed by atoms with Crippen LogP contribution in [-0.4, -0.2) is 15.8 Å². The van der Waals surface area contributed by atoms with Crippen LogP contribution in [0.25, 0.3) is 0 Å². The van der Waals surface area contributed by atoms with Gasteiger partial charge in [0.1, 0.15) is 5.82 Å². The number of halogens is 1. The number of aromatic nitrogens is 2. The van der Waals surface area contributed by atoms with E-state index in [0.29, 0.717) is 18.7 Å². The molecule has 0 radical (unpaired) electrons. The van der Waals surface area contributed by atoms with E-state index in [1.165, 1.54) is 6.07 Å². The van der Waals surface area contributed by atoms with Crippen LogP contribution in [0.4, 0.5) is 9.18 Å². The molecule has 1 aromatic carbocycles. The average Bonchev–Trinajstić information content (AvgIpc) is 2.83. The van der Waals surface area contributed by atoms with Gasteiger partial charge < -0.3 is 10.6 Å². The number of urea groups is 1. The van der Waals surface area contributed by atoms with Crippen molar-refractivity contribution in [3.05, 3.63) is 53.1 Å². The highest BCUT2D eigenvalue weighted by atomic mass is 19.1. The summed E-state index contributed by atoms with van der Waals surface area (Å²) in [6.45, 7) is 2.48. The van der Waals surface area contributed by atoms with E-state index < -0.39 is 0 Å². The first-order chi connectivity index (χ1) is 9.54. The lowest BCUT2D eigenvalue weighted by atomic mass is 10.1. The number of aryl methyl sites for hydroxylation is 2. The van der Waals surface area contributed by atoms with Crippen LogP contribution >= 0.6 is 0 Å². The van der Waals surface area contributed by atoms with Crippen molar-refractivity contribution in [1.29, 1.82) is 0 Å². The Bertz CT molecular complexity index is 609. The molecular weight excluding hydrogens is 259 g/mol. The Morgan fingerprint density at radius 2 is 2.00 bits per heavy atom. The molecular formula is C14H17FN4O. The van der Waals surface area contributed by atoms with Crippen molar-refractivity contribution < 1.29 is 9.18 Å². The molecule has 2 rings (SSSR count). The summed E-state index contributed by atoms with van der Waals surface area (Å²) in [6.07, 6.45) is 3.53. The van der Waals surface area contributed by atoms with E-state index in [0.717, 1.165) is 11.1 Å². The molecule has 6 heteroatoms. The summed E-state index contributed by atoms with van der Waals surface area (Å²) < 4.78 is 14.8. The highest BCUT2D eigenvalue weighted by Gasteiger charge is 2.03. The maximum absolute atomic E-state index is 13.1. The molecule has 2 N–H and O–H groups in total. The Labute approximate surface area is 116 Å². The fraction of sp³-hybridized carbons (Fsp3) is 0.286. The number of hydrogen-bond donors (Lipinski definition) is 2. The molecule has 0 bridgehead atoms. The summed E-state index contributed by atoms with van der Waals surface area (Å²) >= 11 is 0. The highest BCUT2D eigenvalue weighted by molar-refractivity contribution is 5.73. The topological polar surface area (TPSA) is 59.0 Å². The largest absolute Gasteiger partial charge is 0.334 e. The molecule has 0 atom stereocenters. The van der Waals surface area contributed by atoms with Crippen LogP contribution in [0, 0.1) is 12.7 Å². The van der Waals surface area contributed by atoms with Crippen LogP contribution in [-0.2, 0) is 20.1 Å².